The number of nitriles is 1. The number of hydrogen-bond donors (Lipinski definition) is 2. The van der Waals surface area contributed by atoms with Crippen LogP contribution in [0.1, 0.15) is 24.8 Å². The van der Waals surface area contributed by atoms with Crippen LogP contribution in [0.5, 0.6) is 0 Å². The number of rotatable bonds is 5. The largest absolute Gasteiger partial charge is 0.415 e. The van der Waals surface area contributed by atoms with Gasteiger partial charge in [0.1, 0.15) is 0 Å². The van der Waals surface area contributed by atoms with Crippen LogP contribution in [0, 0.1) is 11.3 Å². The molecule has 1 aliphatic heterocycles. The van der Waals surface area contributed by atoms with Crippen LogP contribution in [-0.2, 0) is 4.79 Å². The normalized spacial score (nSPS) is 19.7. The van der Waals surface area contributed by atoms with Crippen molar-refractivity contribution in [2.45, 2.75) is 37.6 Å². The molecule has 1 amide bonds. The van der Waals surface area contributed by atoms with E-state index in [0.717, 1.165) is 0 Å². The molecule has 1 aromatic carbocycles. The zero-order valence-electron chi connectivity index (χ0n) is 12.9. The average Bonchev–Trinajstić information content (AvgIpc) is 3.00. The lowest BCUT2D eigenvalue weighted by molar-refractivity contribution is -0.219. The van der Waals surface area contributed by atoms with Crippen LogP contribution in [0.15, 0.2) is 24.3 Å². The second kappa shape index (κ2) is 7.64. The van der Waals surface area contributed by atoms with Crippen molar-refractivity contribution in [3.63, 3.8) is 0 Å². The minimum Gasteiger partial charge on any atom is -0.382 e. The zero-order chi connectivity index (χ0) is 17.7. The Kier molecular flexibility index (Phi) is 5.80. The molecule has 0 aliphatic carbocycles. The van der Waals surface area contributed by atoms with Crippen LogP contribution in [0.4, 0.5) is 18.9 Å². The summed E-state index contributed by atoms with van der Waals surface area (Å²) in [6.07, 6.45) is -6.19. The van der Waals surface area contributed by atoms with E-state index in [-0.39, 0.29) is 25.3 Å². The second-order valence-electron chi connectivity index (χ2n) is 5.72. The molecule has 1 fully saturated rings. The highest BCUT2D eigenvalue weighted by atomic mass is 19.4. The SMILES string of the molecule is N#Cc1ccc(NC(=O)CCN2CCC[C@H]2[C@H](O)C(F)(F)F)cc1. The summed E-state index contributed by atoms with van der Waals surface area (Å²) < 4.78 is 37.9. The van der Waals surface area contributed by atoms with Gasteiger partial charge in [-0.1, -0.05) is 0 Å². The third-order valence-electron chi connectivity index (χ3n) is 4.04. The van der Waals surface area contributed by atoms with E-state index in [1.165, 1.54) is 4.90 Å². The van der Waals surface area contributed by atoms with Crippen LogP contribution in [0.25, 0.3) is 0 Å². The molecule has 0 unspecified atom stereocenters. The van der Waals surface area contributed by atoms with E-state index >= 15 is 0 Å². The molecule has 0 saturated carbocycles. The number of nitrogens with one attached hydrogen (secondary N) is 1. The summed E-state index contributed by atoms with van der Waals surface area (Å²) in [6, 6.07) is 7.26. The molecule has 2 atom stereocenters. The van der Waals surface area contributed by atoms with Gasteiger partial charge in [-0.15, -0.1) is 0 Å². The lowest BCUT2D eigenvalue weighted by Crippen LogP contribution is -2.47. The quantitative estimate of drug-likeness (QED) is 0.861. The molecule has 5 nitrogen and oxygen atoms in total. The minimum absolute atomic E-state index is 0.0288. The molecule has 130 valence electrons. The second-order valence-corrected chi connectivity index (χ2v) is 5.72. The molecule has 8 heteroatoms. The van der Waals surface area contributed by atoms with Crippen molar-refractivity contribution in [2.24, 2.45) is 0 Å². The first-order valence-electron chi connectivity index (χ1n) is 7.60. The van der Waals surface area contributed by atoms with Gasteiger partial charge in [0.15, 0.2) is 6.10 Å². The van der Waals surface area contributed by atoms with Gasteiger partial charge in [0, 0.05) is 24.7 Å². The lowest BCUT2D eigenvalue weighted by Gasteiger charge is -2.29. The highest BCUT2D eigenvalue weighted by molar-refractivity contribution is 5.90. The fraction of sp³-hybridized carbons (Fsp3) is 0.500. The standard InChI is InChI=1S/C16H18F3N3O2/c17-16(18,19)15(24)13-2-1-8-22(13)9-7-14(23)21-12-5-3-11(10-20)4-6-12/h3-6,13,15,24H,1-2,7-9H2,(H,21,23)/t13-,15-/m0/s1. The van der Waals surface area contributed by atoms with E-state index in [2.05, 4.69) is 5.32 Å². The van der Waals surface area contributed by atoms with E-state index in [0.29, 0.717) is 24.2 Å². The number of aliphatic hydroxyl groups is 1. The molecule has 2 rings (SSSR count). The Labute approximate surface area is 137 Å². The molecule has 0 spiro atoms. The van der Waals surface area contributed by atoms with Crippen molar-refractivity contribution < 1.29 is 23.1 Å². The monoisotopic (exact) mass is 341 g/mol. The summed E-state index contributed by atoms with van der Waals surface area (Å²) in [7, 11) is 0. The predicted molar refractivity (Wildman–Crippen MR) is 81.1 cm³/mol. The van der Waals surface area contributed by atoms with E-state index < -0.39 is 18.3 Å². The number of benzene rings is 1. The van der Waals surface area contributed by atoms with Gasteiger partial charge in [0.2, 0.25) is 5.91 Å². The number of halogens is 3. The molecule has 1 heterocycles. The third-order valence-corrected chi connectivity index (χ3v) is 4.04. The summed E-state index contributed by atoms with van der Waals surface area (Å²) >= 11 is 0. The molecule has 1 aromatic rings. The van der Waals surface area contributed by atoms with Crippen LogP contribution in [0.2, 0.25) is 0 Å². The van der Waals surface area contributed by atoms with Gasteiger partial charge in [-0.05, 0) is 43.7 Å². The fourth-order valence-corrected chi connectivity index (χ4v) is 2.80. The van der Waals surface area contributed by atoms with E-state index in [9.17, 15) is 23.1 Å². The van der Waals surface area contributed by atoms with Gasteiger partial charge < -0.3 is 10.4 Å². The third kappa shape index (κ3) is 4.69. The van der Waals surface area contributed by atoms with Gasteiger partial charge in [0.05, 0.1) is 11.6 Å². The van der Waals surface area contributed by atoms with Gasteiger partial charge in [-0.3, -0.25) is 9.69 Å². The minimum atomic E-state index is -4.65. The van der Waals surface area contributed by atoms with Gasteiger partial charge >= 0.3 is 6.18 Å². The van der Waals surface area contributed by atoms with E-state index in [1.807, 2.05) is 6.07 Å². The topological polar surface area (TPSA) is 76.4 Å². The molecular weight excluding hydrogens is 323 g/mol. The molecule has 2 N–H and O–H groups in total. The molecule has 24 heavy (non-hydrogen) atoms. The molecule has 1 saturated heterocycles. The van der Waals surface area contributed by atoms with Crippen LogP contribution in [0.3, 0.4) is 0 Å². The number of anilines is 1. The van der Waals surface area contributed by atoms with Gasteiger partial charge in [-0.25, -0.2) is 0 Å². The van der Waals surface area contributed by atoms with Crippen LogP contribution >= 0.6 is 0 Å². The zero-order valence-corrected chi connectivity index (χ0v) is 12.9. The number of aliphatic hydroxyl groups excluding tert-OH is 1. The Morgan fingerprint density at radius 2 is 2.08 bits per heavy atom. The maximum absolute atomic E-state index is 12.6. The number of amides is 1. The first-order chi connectivity index (χ1) is 11.3. The molecule has 1 aliphatic rings. The Morgan fingerprint density at radius 3 is 2.67 bits per heavy atom. The summed E-state index contributed by atoms with van der Waals surface area (Å²) in [6.45, 7) is 0.585. The molecule has 0 radical (unpaired) electrons. The van der Waals surface area contributed by atoms with Crippen LogP contribution < -0.4 is 5.32 Å². The van der Waals surface area contributed by atoms with Crippen LogP contribution in [-0.4, -0.2) is 47.3 Å². The Balaban J connectivity index is 1.85. The number of carbonyl (C=O) groups is 1. The Morgan fingerprint density at radius 1 is 1.42 bits per heavy atom. The fourth-order valence-electron chi connectivity index (χ4n) is 2.80. The van der Waals surface area contributed by atoms with Crippen molar-refractivity contribution >= 4 is 11.6 Å². The smallest absolute Gasteiger partial charge is 0.382 e. The predicted octanol–water partition coefficient (Wildman–Crippen LogP) is 2.27. The Bertz CT molecular complexity index is 610. The van der Waals surface area contributed by atoms with Crippen molar-refractivity contribution in [1.29, 1.82) is 5.26 Å². The molecular formula is C16H18F3N3O2. The summed E-state index contributed by atoms with van der Waals surface area (Å²) in [5.41, 5.74) is 0.987. The van der Waals surface area contributed by atoms with Crippen molar-refractivity contribution in [1.82, 2.24) is 4.90 Å². The van der Waals surface area contributed by atoms with Gasteiger partial charge in [-0.2, -0.15) is 18.4 Å². The number of hydrogen-bond acceptors (Lipinski definition) is 4. The average molecular weight is 341 g/mol. The highest BCUT2D eigenvalue weighted by Crippen LogP contribution is 2.30. The van der Waals surface area contributed by atoms with Crippen molar-refractivity contribution in [3.8, 4) is 6.07 Å². The van der Waals surface area contributed by atoms with E-state index in [1.54, 1.807) is 24.3 Å². The van der Waals surface area contributed by atoms with Crippen molar-refractivity contribution in [3.05, 3.63) is 29.8 Å². The Hall–Kier alpha value is -2.11. The maximum atomic E-state index is 12.6. The molecule has 0 aromatic heterocycles. The lowest BCUT2D eigenvalue weighted by atomic mass is 10.1. The summed E-state index contributed by atoms with van der Waals surface area (Å²) in [5.74, 6) is -0.327. The first kappa shape index (κ1) is 18.2. The summed E-state index contributed by atoms with van der Waals surface area (Å²) in [5, 5.41) is 20.7. The number of alkyl halides is 3. The summed E-state index contributed by atoms with van der Waals surface area (Å²) in [4.78, 5) is 13.4. The molecule has 0 bridgehead atoms. The number of nitrogens with zero attached hydrogens (tertiary/aromatic N) is 2. The number of likely N-dealkylation sites (tertiary alicyclic amines) is 1. The van der Waals surface area contributed by atoms with Gasteiger partial charge in [0.25, 0.3) is 0 Å². The van der Waals surface area contributed by atoms with E-state index in [4.69, 9.17) is 5.26 Å². The number of carbonyl (C=O) groups excluding carboxylic acids is 1. The maximum Gasteiger partial charge on any atom is 0.415 e. The first-order valence-corrected chi connectivity index (χ1v) is 7.60. The highest BCUT2D eigenvalue weighted by Gasteiger charge is 2.46. The van der Waals surface area contributed by atoms with Crippen molar-refractivity contribution in [2.75, 3.05) is 18.4 Å².